The van der Waals surface area contributed by atoms with Gasteiger partial charge in [0, 0.05) is 31.7 Å². The molecular weight excluding hydrogens is 489 g/mol. The Morgan fingerprint density at radius 3 is 2.59 bits per heavy atom. The van der Waals surface area contributed by atoms with Gasteiger partial charge in [0.1, 0.15) is 24.4 Å². The van der Waals surface area contributed by atoms with Gasteiger partial charge in [0.2, 0.25) is 11.3 Å². The number of nitrogens with zero attached hydrogens (tertiary/aromatic N) is 3. The van der Waals surface area contributed by atoms with Gasteiger partial charge >= 0.3 is 5.97 Å². The summed E-state index contributed by atoms with van der Waals surface area (Å²) >= 11 is 0. The second-order valence-electron chi connectivity index (χ2n) is 9.24. The summed E-state index contributed by atoms with van der Waals surface area (Å²) in [5.74, 6) is -2.68. The second kappa shape index (κ2) is 10.3. The number of halogens is 1. The number of anilines is 1. The zero-order valence-electron chi connectivity index (χ0n) is 20.7. The molecule has 2 heterocycles. The van der Waals surface area contributed by atoms with E-state index in [2.05, 4.69) is 10.5 Å². The lowest BCUT2D eigenvalue weighted by molar-refractivity contribution is -0.124. The summed E-state index contributed by atoms with van der Waals surface area (Å²) < 4.78 is 23.0. The summed E-state index contributed by atoms with van der Waals surface area (Å²) in [7, 11) is 2.72. The number of carbonyl (C=O) groups excluding carboxylic acids is 1. The molecule has 1 saturated heterocycles. The van der Waals surface area contributed by atoms with Crippen molar-refractivity contribution in [1.29, 1.82) is 0 Å². The lowest BCUT2D eigenvalue weighted by Crippen LogP contribution is -2.58. The minimum atomic E-state index is -1.39. The Labute approximate surface area is 211 Å². The van der Waals surface area contributed by atoms with Gasteiger partial charge in [-0.3, -0.25) is 9.59 Å². The van der Waals surface area contributed by atoms with Crippen LogP contribution in [0.2, 0.25) is 0 Å². The molecule has 1 aromatic carbocycles. The predicted octanol–water partition coefficient (Wildman–Crippen LogP) is 0.588. The number of carboxylic acid groups (broad SMARTS) is 1. The van der Waals surface area contributed by atoms with Crippen LogP contribution in [-0.4, -0.2) is 77.9 Å². The molecule has 1 aliphatic heterocycles. The number of aliphatic hydroxyl groups excluding tert-OH is 1. The molecule has 200 valence electrons. The van der Waals surface area contributed by atoms with E-state index in [0.717, 1.165) is 18.9 Å². The van der Waals surface area contributed by atoms with E-state index < -0.39 is 46.9 Å². The van der Waals surface area contributed by atoms with Crippen molar-refractivity contribution in [2.75, 3.05) is 32.2 Å². The third kappa shape index (κ3) is 4.96. The summed E-state index contributed by atoms with van der Waals surface area (Å²) in [5, 5.41) is 25.9. The van der Waals surface area contributed by atoms with Gasteiger partial charge in [0.15, 0.2) is 11.6 Å². The highest BCUT2D eigenvalue weighted by Crippen LogP contribution is 2.44. The maximum atomic E-state index is 15.7. The number of aromatic carboxylic acids is 1. The molecule has 1 aromatic heterocycles. The van der Waals surface area contributed by atoms with Gasteiger partial charge in [0.05, 0.1) is 35.9 Å². The van der Waals surface area contributed by atoms with Gasteiger partial charge in [-0.2, -0.15) is 0 Å². The number of pyridine rings is 1. The molecular formula is C24H30FN5O7. The van der Waals surface area contributed by atoms with E-state index in [4.69, 9.17) is 15.3 Å². The molecule has 1 saturated carbocycles. The third-order valence-electron chi connectivity index (χ3n) is 6.68. The number of rotatable bonds is 8. The molecule has 1 amide bonds. The van der Waals surface area contributed by atoms with Gasteiger partial charge in [-0.1, -0.05) is 5.16 Å². The van der Waals surface area contributed by atoms with Crippen LogP contribution in [0.25, 0.3) is 10.9 Å². The smallest absolute Gasteiger partial charge is 0.341 e. The molecule has 3 atom stereocenters. The van der Waals surface area contributed by atoms with E-state index in [1.54, 1.807) is 9.47 Å². The zero-order valence-corrected chi connectivity index (χ0v) is 20.7. The normalized spacial score (nSPS) is 20.5. The van der Waals surface area contributed by atoms with E-state index in [-0.39, 0.29) is 36.0 Å². The quantitative estimate of drug-likeness (QED) is 0.365. The number of carbonyl (C=O) groups is 2. The van der Waals surface area contributed by atoms with Crippen molar-refractivity contribution in [2.45, 2.75) is 50.4 Å². The van der Waals surface area contributed by atoms with Crippen molar-refractivity contribution in [3.8, 4) is 5.75 Å². The Balaban J connectivity index is 1.81. The summed E-state index contributed by atoms with van der Waals surface area (Å²) in [6.45, 7) is 1.75. The highest BCUT2D eigenvalue weighted by Gasteiger charge is 2.35. The predicted molar refractivity (Wildman–Crippen MR) is 133 cm³/mol. The van der Waals surface area contributed by atoms with Crippen molar-refractivity contribution >= 4 is 34.2 Å². The van der Waals surface area contributed by atoms with Gasteiger partial charge in [-0.05, 0) is 25.8 Å². The summed E-state index contributed by atoms with van der Waals surface area (Å²) in [5.41, 5.74) is 5.42. The lowest BCUT2D eigenvalue weighted by Gasteiger charge is -2.37. The summed E-state index contributed by atoms with van der Waals surface area (Å²) in [6, 6.07) is -0.895. The SMILES string of the molecule is CO/N=C1\CCN(c2c(F)cc3c(=O)c(C(=O)O)cn(C4CC4)c3c2OC)CC1NC(=O)[C@H](N)[C@H](C)O. The minimum Gasteiger partial charge on any atom is -0.492 e. The maximum Gasteiger partial charge on any atom is 0.341 e. The van der Waals surface area contributed by atoms with E-state index >= 15 is 4.39 Å². The lowest BCUT2D eigenvalue weighted by atomic mass is 10.00. The highest BCUT2D eigenvalue weighted by atomic mass is 19.1. The number of hydrogen-bond donors (Lipinski definition) is 4. The van der Waals surface area contributed by atoms with Crippen molar-refractivity contribution in [2.24, 2.45) is 10.9 Å². The molecule has 2 fully saturated rings. The van der Waals surface area contributed by atoms with Gasteiger partial charge in [-0.15, -0.1) is 0 Å². The fourth-order valence-electron chi connectivity index (χ4n) is 4.61. The molecule has 0 bridgehead atoms. The van der Waals surface area contributed by atoms with Crippen LogP contribution in [0, 0.1) is 5.82 Å². The molecule has 2 aliphatic rings. The molecule has 13 heteroatoms. The number of fused-ring (bicyclic) bond motifs is 1. The standard InChI is InChI=1S/C24H30FN5O7/c1-11(31)18(26)23(33)27-17-10-29(7-6-16(17)28-37-3)20-15(25)8-13-19(22(20)36-2)30(12-4-5-12)9-14(21(13)32)24(34)35/h8-9,11-12,17-18,31H,4-7,10,26H2,1-3H3,(H,27,33)(H,34,35)/b28-16+/t11-,17?,18+/m0/s1. The number of piperidine rings is 1. The molecule has 5 N–H and O–H groups in total. The first kappa shape index (κ1) is 26.4. The van der Waals surface area contributed by atoms with Crippen LogP contribution in [0.4, 0.5) is 10.1 Å². The van der Waals surface area contributed by atoms with Gasteiger partial charge in [-0.25, -0.2) is 9.18 Å². The first-order valence-electron chi connectivity index (χ1n) is 11.9. The van der Waals surface area contributed by atoms with Crippen molar-refractivity contribution in [1.82, 2.24) is 9.88 Å². The van der Waals surface area contributed by atoms with Crippen LogP contribution in [-0.2, 0) is 9.63 Å². The van der Waals surface area contributed by atoms with Crippen LogP contribution in [0.15, 0.2) is 22.2 Å². The molecule has 0 radical (unpaired) electrons. The number of benzene rings is 1. The fourth-order valence-corrected chi connectivity index (χ4v) is 4.61. The van der Waals surface area contributed by atoms with Gasteiger partial charge < -0.3 is 40.3 Å². The highest BCUT2D eigenvalue weighted by molar-refractivity contribution is 5.99. The maximum absolute atomic E-state index is 15.7. The number of hydrogen-bond acceptors (Lipinski definition) is 9. The second-order valence-corrected chi connectivity index (χ2v) is 9.24. The minimum absolute atomic E-state index is 0.0378. The number of ether oxygens (including phenoxy) is 1. The van der Waals surface area contributed by atoms with Crippen LogP contribution < -0.4 is 26.1 Å². The number of aromatic nitrogens is 1. The van der Waals surface area contributed by atoms with Crippen LogP contribution in [0.3, 0.4) is 0 Å². The first-order valence-corrected chi connectivity index (χ1v) is 11.9. The Morgan fingerprint density at radius 2 is 2.03 bits per heavy atom. The molecule has 4 rings (SSSR count). The molecule has 1 unspecified atom stereocenters. The summed E-state index contributed by atoms with van der Waals surface area (Å²) in [4.78, 5) is 43.8. The first-order chi connectivity index (χ1) is 17.6. The largest absolute Gasteiger partial charge is 0.492 e. The van der Waals surface area contributed by atoms with Gasteiger partial charge in [0.25, 0.3) is 0 Å². The number of methoxy groups -OCH3 is 1. The number of amides is 1. The fraction of sp³-hybridized carbons (Fsp3) is 0.500. The number of carboxylic acids is 1. The molecule has 37 heavy (non-hydrogen) atoms. The number of oxime groups is 1. The van der Waals surface area contributed by atoms with Crippen LogP contribution in [0.5, 0.6) is 5.75 Å². The monoisotopic (exact) mass is 519 g/mol. The van der Waals surface area contributed by atoms with Crippen molar-refractivity contribution in [3.05, 3.63) is 33.9 Å². The average molecular weight is 520 g/mol. The van der Waals surface area contributed by atoms with Crippen LogP contribution >= 0.6 is 0 Å². The molecule has 0 spiro atoms. The Kier molecular flexibility index (Phi) is 7.37. The zero-order chi connectivity index (χ0) is 27.0. The summed E-state index contributed by atoms with van der Waals surface area (Å²) in [6.07, 6.45) is 2.07. The number of nitrogens with two attached hydrogens (primary N) is 1. The third-order valence-corrected chi connectivity index (χ3v) is 6.68. The number of aliphatic hydroxyl groups is 1. The molecule has 1 aliphatic carbocycles. The average Bonchev–Trinajstić information content (AvgIpc) is 3.69. The van der Waals surface area contributed by atoms with Crippen molar-refractivity contribution < 1.29 is 33.8 Å². The number of nitrogens with one attached hydrogen (secondary N) is 1. The Bertz CT molecular complexity index is 1320. The van der Waals surface area contributed by atoms with Crippen LogP contribution in [0.1, 0.15) is 42.6 Å². The van der Waals surface area contributed by atoms with E-state index in [0.29, 0.717) is 17.6 Å². The molecule has 2 aromatic rings. The van der Waals surface area contributed by atoms with Crippen molar-refractivity contribution in [3.63, 3.8) is 0 Å². The Hall–Kier alpha value is -3.71. The van der Waals surface area contributed by atoms with E-state index in [1.807, 2.05) is 0 Å². The Morgan fingerprint density at radius 1 is 1.32 bits per heavy atom. The van der Waals surface area contributed by atoms with E-state index in [1.165, 1.54) is 27.3 Å². The topological polar surface area (TPSA) is 169 Å². The molecule has 12 nitrogen and oxygen atoms in total. The van der Waals surface area contributed by atoms with E-state index in [9.17, 15) is 24.6 Å².